The number of rotatable bonds is 9. The van der Waals surface area contributed by atoms with E-state index in [0.717, 1.165) is 0 Å². The molecule has 12 heteroatoms. The molecule has 0 radical (unpaired) electrons. The minimum atomic E-state index is -4.03. The average molecular weight is 687 g/mol. The van der Waals surface area contributed by atoms with Gasteiger partial charge in [0.25, 0.3) is 5.56 Å². The number of ether oxygens (including phenoxy) is 1. The second-order valence-corrected chi connectivity index (χ2v) is 22.2. The molecule has 1 aromatic heterocycles. The van der Waals surface area contributed by atoms with Gasteiger partial charge in [0.15, 0.2) is 8.32 Å². The third kappa shape index (κ3) is 8.25. The second kappa shape index (κ2) is 12.3. The Morgan fingerprint density at radius 3 is 2.33 bits per heavy atom. The van der Waals surface area contributed by atoms with Crippen LogP contribution in [0.1, 0.15) is 68.2 Å². The maximum Gasteiger partial charge on any atom is 0.407 e. The number of aromatic nitrogens is 1. The van der Waals surface area contributed by atoms with Crippen LogP contribution in [0.4, 0.5) is 4.79 Å². The summed E-state index contributed by atoms with van der Waals surface area (Å²) in [6, 6.07) is 4.67. The van der Waals surface area contributed by atoms with E-state index in [-0.39, 0.29) is 22.0 Å². The van der Waals surface area contributed by atoms with Crippen LogP contribution < -0.4 is 10.9 Å². The van der Waals surface area contributed by atoms with Gasteiger partial charge in [0, 0.05) is 59.1 Å². The molecule has 1 saturated heterocycles. The third-order valence-electron chi connectivity index (χ3n) is 8.03. The highest BCUT2D eigenvalue weighted by molar-refractivity contribution is 9.10. The number of hydrogen-bond acceptors (Lipinski definition) is 6. The van der Waals surface area contributed by atoms with E-state index in [1.165, 1.54) is 15.1 Å². The summed E-state index contributed by atoms with van der Waals surface area (Å²) < 4.78 is 44.0. The summed E-state index contributed by atoms with van der Waals surface area (Å²) in [7, 11) is -6.05. The zero-order chi connectivity index (χ0) is 31.9. The molecular weight excluding hydrogens is 638 g/mol. The molecular formula is C30H48BrN3O6SSi. The Morgan fingerprint density at radius 2 is 1.74 bits per heavy atom. The molecule has 1 aromatic carbocycles. The second-order valence-electron chi connectivity index (χ2n) is 14.6. The van der Waals surface area contributed by atoms with Crippen LogP contribution in [0.5, 0.6) is 0 Å². The molecule has 1 fully saturated rings. The van der Waals surface area contributed by atoms with E-state index >= 15 is 0 Å². The molecule has 42 heavy (non-hydrogen) atoms. The molecule has 0 saturated carbocycles. The molecule has 9 nitrogen and oxygen atoms in total. The summed E-state index contributed by atoms with van der Waals surface area (Å²) in [6.07, 6.45) is 2.17. The first-order valence-electron chi connectivity index (χ1n) is 14.5. The molecule has 1 N–H and O–H groups in total. The summed E-state index contributed by atoms with van der Waals surface area (Å²) in [5, 5.41) is 3.48. The van der Waals surface area contributed by atoms with Crippen molar-refractivity contribution in [2.75, 3.05) is 19.7 Å². The van der Waals surface area contributed by atoms with E-state index in [1.807, 2.05) is 13.8 Å². The Balaban J connectivity index is 1.98. The van der Waals surface area contributed by atoms with E-state index in [0.29, 0.717) is 47.8 Å². The number of hydrogen-bond donors (Lipinski definition) is 1. The van der Waals surface area contributed by atoms with Crippen LogP contribution in [0.25, 0.3) is 10.8 Å². The predicted molar refractivity (Wildman–Crippen MR) is 174 cm³/mol. The van der Waals surface area contributed by atoms with Crippen LogP contribution in [0.2, 0.25) is 18.1 Å². The lowest BCUT2D eigenvalue weighted by atomic mass is 9.94. The number of nitrogens with zero attached hydrogens (tertiary/aromatic N) is 2. The van der Waals surface area contributed by atoms with Crippen molar-refractivity contribution in [1.82, 2.24) is 14.2 Å². The standard InChI is InChI=1S/C30H48BrN3O6SSi/c1-28(2,3)40-27(36)32-17-22-12-11-15-34(22)41(37,38)25-18-33(26(35)23-14-13-21(31)16-24(23)25)19-30(7,8)20-39-42(9,10)29(4,5)6/h13-14,16,18,22H,11-12,15,17,19-20H2,1-10H3,(H,32,36)/t22-/m1/s1. The molecule has 3 rings (SSSR count). The first kappa shape index (κ1) is 34.8. The molecule has 0 spiro atoms. The minimum Gasteiger partial charge on any atom is -0.444 e. The average Bonchev–Trinajstić information content (AvgIpc) is 3.31. The number of halogens is 1. The number of carbonyl (C=O) groups is 1. The van der Waals surface area contributed by atoms with E-state index in [2.05, 4.69) is 55.1 Å². The third-order valence-corrected chi connectivity index (χ3v) is 15.0. The largest absolute Gasteiger partial charge is 0.444 e. The summed E-state index contributed by atoms with van der Waals surface area (Å²) in [5.41, 5.74) is -1.34. The summed E-state index contributed by atoms with van der Waals surface area (Å²) >= 11 is 3.45. The van der Waals surface area contributed by atoms with Gasteiger partial charge in [-0.3, -0.25) is 4.79 Å². The van der Waals surface area contributed by atoms with Crippen molar-refractivity contribution in [3.8, 4) is 0 Å². The van der Waals surface area contributed by atoms with Gasteiger partial charge in [-0.25, -0.2) is 13.2 Å². The SMILES string of the molecule is CC(C)(CO[Si](C)(C)C(C)(C)C)Cn1cc(S(=O)(=O)N2CCC[C@@H]2CNC(=O)OC(C)(C)C)c2cc(Br)ccc2c1=O. The quantitative estimate of drug-likeness (QED) is 0.303. The van der Waals surface area contributed by atoms with Crippen molar-refractivity contribution in [2.24, 2.45) is 5.41 Å². The van der Waals surface area contributed by atoms with Gasteiger partial charge in [-0.1, -0.05) is 50.5 Å². The van der Waals surface area contributed by atoms with Gasteiger partial charge in [0.1, 0.15) is 10.5 Å². The van der Waals surface area contributed by atoms with E-state index in [9.17, 15) is 18.0 Å². The smallest absolute Gasteiger partial charge is 0.407 e. The molecule has 1 atom stereocenters. The van der Waals surface area contributed by atoms with E-state index in [4.69, 9.17) is 9.16 Å². The molecule has 1 amide bonds. The monoisotopic (exact) mass is 685 g/mol. The Morgan fingerprint density at radius 1 is 1.10 bits per heavy atom. The normalized spacial score (nSPS) is 17.5. The van der Waals surface area contributed by atoms with Gasteiger partial charge in [-0.05, 0) is 69.9 Å². The molecule has 0 aliphatic carbocycles. The molecule has 0 unspecified atom stereocenters. The van der Waals surface area contributed by atoms with Crippen LogP contribution in [0, 0.1) is 5.41 Å². The maximum absolute atomic E-state index is 14.3. The Kier molecular flexibility index (Phi) is 10.2. The number of alkyl carbamates (subject to hydrolysis) is 1. The number of benzene rings is 1. The molecule has 0 bridgehead atoms. The lowest BCUT2D eigenvalue weighted by molar-refractivity contribution is 0.0519. The number of fused-ring (bicyclic) bond motifs is 1. The molecule has 1 aliphatic heterocycles. The van der Waals surface area contributed by atoms with Crippen LogP contribution in [0.15, 0.2) is 38.6 Å². The Bertz CT molecular complexity index is 1470. The van der Waals surface area contributed by atoms with Crippen molar-refractivity contribution in [3.05, 3.63) is 39.2 Å². The number of amides is 1. The maximum atomic E-state index is 14.3. The number of nitrogens with one attached hydrogen (secondary N) is 1. The van der Waals surface area contributed by atoms with Crippen molar-refractivity contribution in [3.63, 3.8) is 0 Å². The molecule has 1 aliphatic rings. The predicted octanol–water partition coefficient (Wildman–Crippen LogP) is 6.49. The minimum absolute atomic E-state index is 0.0438. The summed E-state index contributed by atoms with van der Waals surface area (Å²) in [4.78, 5) is 26.0. The topological polar surface area (TPSA) is 107 Å². The van der Waals surface area contributed by atoms with Crippen LogP contribution in [-0.4, -0.2) is 63.0 Å². The van der Waals surface area contributed by atoms with Gasteiger partial charge >= 0.3 is 6.09 Å². The highest BCUT2D eigenvalue weighted by Crippen LogP contribution is 2.38. The lowest BCUT2D eigenvalue weighted by Crippen LogP contribution is -2.45. The number of sulfonamides is 1. The zero-order valence-corrected chi connectivity index (χ0v) is 30.2. The highest BCUT2D eigenvalue weighted by atomic mass is 79.9. The Labute approximate surface area is 260 Å². The van der Waals surface area contributed by atoms with Gasteiger partial charge in [0.05, 0.1) is 0 Å². The fraction of sp³-hybridized carbons (Fsp3) is 0.667. The van der Waals surface area contributed by atoms with Crippen molar-refractivity contribution >= 4 is 51.1 Å². The Hall–Kier alpha value is -1.73. The van der Waals surface area contributed by atoms with Crippen LogP contribution in [0.3, 0.4) is 0 Å². The van der Waals surface area contributed by atoms with Crippen molar-refractivity contribution in [1.29, 1.82) is 0 Å². The molecule has 2 aromatic rings. The van der Waals surface area contributed by atoms with E-state index in [1.54, 1.807) is 39.0 Å². The van der Waals surface area contributed by atoms with Crippen LogP contribution >= 0.6 is 15.9 Å². The van der Waals surface area contributed by atoms with Gasteiger partial charge in [-0.15, -0.1) is 0 Å². The fourth-order valence-electron chi connectivity index (χ4n) is 4.72. The fourth-order valence-corrected chi connectivity index (χ4v) is 8.17. The molecule has 236 valence electrons. The summed E-state index contributed by atoms with van der Waals surface area (Å²) in [5.74, 6) is 0. The van der Waals surface area contributed by atoms with Crippen molar-refractivity contribution in [2.45, 2.75) is 109 Å². The van der Waals surface area contributed by atoms with E-state index < -0.39 is 41.5 Å². The zero-order valence-electron chi connectivity index (χ0n) is 26.8. The first-order chi connectivity index (χ1) is 19.0. The number of carbonyl (C=O) groups excluding carboxylic acids is 1. The molecule has 2 heterocycles. The van der Waals surface area contributed by atoms with Gasteiger partial charge < -0.3 is 19.0 Å². The lowest BCUT2D eigenvalue weighted by Gasteiger charge is -2.39. The first-order valence-corrected chi connectivity index (χ1v) is 19.6. The number of pyridine rings is 1. The summed E-state index contributed by atoms with van der Waals surface area (Å²) in [6.45, 7) is 21.5. The van der Waals surface area contributed by atoms with Gasteiger partial charge in [0.2, 0.25) is 10.0 Å². The highest BCUT2D eigenvalue weighted by Gasteiger charge is 2.40. The van der Waals surface area contributed by atoms with Crippen LogP contribution in [-0.2, 0) is 25.7 Å². The van der Waals surface area contributed by atoms with Crippen molar-refractivity contribution < 1.29 is 22.4 Å². The van der Waals surface area contributed by atoms with Gasteiger partial charge in [-0.2, -0.15) is 4.31 Å².